The molecule has 0 bridgehead atoms. The summed E-state index contributed by atoms with van der Waals surface area (Å²) < 4.78 is 0. The molecule has 8 heavy (non-hydrogen) atoms. The fraction of sp³-hybridized carbons (Fsp3) is 0.750. The Labute approximate surface area is 73.4 Å². The zero-order valence-corrected chi connectivity index (χ0v) is 3.93. The predicted octanol–water partition coefficient (Wildman–Crippen LogP) is -0.570. The van der Waals surface area contributed by atoms with E-state index in [0.717, 1.165) is 0 Å². The minimum absolute atomic E-state index is 0. The van der Waals surface area contributed by atoms with E-state index in [4.69, 9.17) is 5.11 Å². The molecule has 0 spiro atoms. The van der Waals surface area contributed by atoms with Gasteiger partial charge >= 0.3 is 43.7 Å². The molecule has 0 aliphatic rings. The molecule has 2 nitrogen and oxygen atoms in total. The normalized spacial score (nSPS) is 6.88. The zero-order chi connectivity index (χ0) is 5.15. The molecule has 0 radical (unpaired) electrons. The molecule has 0 saturated carbocycles. The number of carbonyl (C=O) groups is 1. The van der Waals surface area contributed by atoms with Gasteiger partial charge in [0, 0.05) is 0 Å². The number of aliphatic carboxylic acids is 1. The van der Waals surface area contributed by atoms with Gasteiger partial charge in [-0.1, -0.05) is 13.8 Å². The van der Waals surface area contributed by atoms with Gasteiger partial charge in [-0.15, -0.1) is 0 Å². The van der Waals surface area contributed by atoms with Crippen LogP contribution in [-0.4, -0.2) is 48.8 Å². The zero-order valence-electron chi connectivity index (χ0n) is 3.93. The Kier molecular flexibility index (Phi) is 15.2. The second-order valence-electron chi connectivity index (χ2n) is 1.49. The first-order chi connectivity index (χ1) is 2.64. The van der Waals surface area contributed by atoms with Gasteiger partial charge in [-0.3, -0.25) is 4.79 Å². The van der Waals surface area contributed by atoms with Crippen LogP contribution in [0.3, 0.4) is 0 Å². The van der Waals surface area contributed by atoms with Crippen LogP contribution in [0.1, 0.15) is 13.8 Å². The second kappa shape index (κ2) is 7.66. The van der Waals surface area contributed by atoms with Crippen LogP contribution >= 0.6 is 0 Å². The van der Waals surface area contributed by atoms with Gasteiger partial charge in [-0.05, 0) is 0 Å². The molecule has 0 amide bonds. The first-order valence-corrected chi connectivity index (χ1v) is 1.87. The van der Waals surface area contributed by atoms with Crippen LogP contribution in [0.5, 0.6) is 0 Å². The number of carboxylic acid groups (broad SMARTS) is 1. The third kappa shape index (κ3) is 9.83. The molecule has 0 aromatic carbocycles. The quantitative estimate of drug-likeness (QED) is 0.452. The van der Waals surface area contributed by atoms with Gasteiger partial charge in [0.05, 0.1) is 5.92 Å². The summed E-state index contributed by atoms with van der Waals surface area (Å²) in [5.74, 6) is -0.972. The predicted molar refractivity (Wildman–Crippen MR) is 36.8 cm³/mol. The van der Waals surface area contributed by atoms with Gasteiger partial charge in [-0.2, -0.15) is 0 Å². The molecule has 0 saturated heterocycles. The Hall–Kier alpha value is 0.665. The Morgan fingerprint density at radius 3 is 1.50 bits per heavy atom. The summed E-state index contributed by atoms with van der Waals surface area (Å²) in [6, 6.07) is 0. The van der Waals surface area contributed by atoms with Crippen molar-refractivity contribution in [3.05, 3.63) is 0 Å². The van der Waals surface area contributed by atoms with Crippen LogP contribution < -0.4 is 0 Å². The Morgan fingerprint density at radius 1 is 1.38 bits per heavy atom. The average Bonchev–Trinajstić information content (AvgIpc) is 1.36. The van der Waals surface area contributed by atoms with E-state index in [2.05, 4.69) is 0 Å². The standard InChI is InChI=1S/C4H8O2.2Li.2H/c1-3(2)4(5)6;;;;/h3H,1-2H3,(H,5,6);;;;. The summed E-state index contributed by atoms with van der Waals surface area (Å²) in [7, 11) is 0. The monoisotopic (exact) mass is 104 g/mol. The van der Waals surface area contributed by atoms with Gasteiger partial charge in [-0.25, -0.2) is 0 Å². The Balaban J connectivity index is -0.000000125. The summed E-state index contributed by atoms with van der Waals surface area (Å²) in [5.41, 5.74) is 0. The van der Waals surface area contributed by atoms with E-state index in [1.807, 2.05) is 0 Å². The molecule has 0 fully saturated rings. The molecule has 0 rings (SSSR count). The molecule has 0 aliphatic heterocycles. The van der Waals surface area contributed by atoms with Crippen molar-refractivity contribution < 1.29 is 9.90 Å². The van der Waals surface area contributed by atoms with E-state index in [1.54, 1.807) is 13.8 Å². The summed E-state index contributed by atoms with van der Waals surface area (Å²) >= 11 is 0. The molecule has 0 aliphatic carbocycles. The van der Waals surface area contributed by atoms with E-state index in [-0.39, 0.29) is 43.6 Å². The van der Waals surface area contributed by atoms with Gasteiger partial charge in [0.2, 0.25) is 0 Å². The van der Waals surface area contributed by atoms with Crippen molar-refractivity contribution >= 4 is 43.7 Å². The van der Waals surface area contributed by atoms with E-state index in [1.165, 1.54) is 0 Å². The van der Waals surface area contributed by atoms with Crippen molar-refractivity contribution in [2.45, 2.75) is 13.8 Å². The van der Waals surface area contributed by atoms with Gasteiger partial charge in [0.25, 0.3) is 0 Å². The summed E-state index contributed by atoms with van der Waals surface area (Å²) in [4.78, 5) is 9.70. The van der Waals surface area contributed by atoms with Crippen molar-refractivity contribution in [1.29, 1.82) is 0 Å². The molecule has 4 heteroatoms. The first-order valence-electron chi connectivity index (χ1n) is 1.87. The topological polar surface area (TPSA) is 37.3 Å². The van der Waals surface area contributed by atoms with Crippen LogP contribution in [0.15, 0.2) is 0 Å². The van der Waals surface area contributed by atoms with Gasteiger partial charge < -0.3 is 5.11 Å². The fourth-order valence-electron chi connectivity index (χ4n) is 0. The Morgan fingerprint density at radius 2 is 1.50 bits per heavy atom. The van der Waals surface area contributed by atoms with Crippen LogP contribution in [0.25, 0.3) is 0 Å². The van der Waals surface area contributed by atoms with Crippen molar-refractivity contribution in [3.63, 3.8) is 0 Å². The second-order valence-corrected chi connectivity index (χ2v) is 1.49. The molecular weight excluding hydrogens is 93.9 g/mol. The van der Waals surface area contributed by atoms with E-state index >= 15 is 0 Å². The molecular formula is C4H10Li2O2. The van der Waals surface area contributed by atoms with Crippen LogP contribution in [0, 0.1) is 5.92 Å². The number of rotatable bonds is 1. The molecule has 0 aromatic rings. The van der Waals surface area contributed by atoms with E-state index < -0.39 is 5.97 Å². The van der Waals surface area contributed by atoms with E-state index in [0.29, 0.717) is 0 Å². The SMILES string of the molecule is CC(C)C(=O)O.[LiH].[LiH]. The fourth-order valence-corrected chi connectivity index (χ4v) is 0. The Bertz CT molecular complexity index is 63.1. The van der Waals surface area contributed by atoms with Crippen molar-refractivity contribution in [3.8, 4) is 0 Å². The molecule has 1 N–H and O–H groups in total. The van der Waals surface area contributed by atoms with Crippen LogP contribution in [0.4, 0.5) is 0 Å². The molecule has 0 unspecified atom stereocenters. The number of hydrogen-bond acceptors (Lipinski definition) is 1. The average molecular weight is 104 g/mol. The number of carboxylic acids is 1. The van der Waals surface area contributed by atoms with Crippen LogP contribution in [-0.2, 0) is 4.79 Å². The van der Waals surface area contributed by atoms with E-state index in [9.17, 15) is 4.79 Å². The summed E-state index contributed by atoms with van der Waals surface area (Å²) in [6.45, 7) is 3.28. The molecule has 40 valence electrons. The van der Waals surface area contributed by atoms with Crippen molar-refractivity contribution in [1.82, 2.24) is 0 Å². The third-order valence-corrected chi connectivity index (χ3v) is 0.494. The first kappa shape index (κ1) is 15.9. The molecule has 0 aromatic heterocycles. The molecule has 0 atom stereocenters. The maximum atomic E-state index is 9.70. The number of hydrogen-bond donors (Lipinski definition) is 1. The minimum atomic E-state index is -0.741. The van der Waals surface area contributed by atoms with Crippen molar-refractivity contribution in [2.24, 2.45) is 5.92 Å². The summed E-state index contributed by atoms with van der Waals surface area (Å²) in [5, 5.41) is 7.99. The summed E-state index contributed by atoms with van der Waals surface area (Å²) in [6.07, 6.45) is 0. The van der Waals surface area contributed by atoms with Gasteiger partial charge in [0.1, 0.15) is 0 Å². The molecule has 0 heterocycles. The van der Waals surface area contributed by atoms with Crippen LogP contribution in [0.2, 0.25) is 0 Å². The van der Waals surface area contributed by atoms with Crippen molar-refractivity contribution in [2.75, 3.05) is 0 Å². The maximum absolute atomic E-state index is 9.70. The third-order valence-electron chi connectivity index (χ3n) is 0.494. The van der Waals surface area contributed by atoms with Gasteiger partial charge in [0.15, 0.2) is 0 Å².